The molecule has 4 aromatic carbocycles. The number of benzene rings is 4. The van der Waals surface area contributed by atoms with Crippen molar-refractivity contribution >= 4 is 11.6 Å². The molecule has 0 heterocycles. The predicted molar refractivity (Wildman–Crippen MR) is 130 cm³/mol. The van der Waals surface area contributed by atoms with Crippen LogP contribution in [0.3, 0.4) is 0 Å². The first-order valence-electron chi connectivity index (χ1n) is 11.7. The molecule has 0 amide bonds. The zero-order valence-electron chi connectivity index (χ0n) is 20.0. The Bertz CT molecular complexity index is 1550. The van der Waals surface area contributed by atoms with Gasteiger partial charge in [0.2, 0.25) is 0 Å². The summed E-state index contributed by atoms with van der Waals surface area (Å²) in [6.45, 7) is 2.09. The van der Waals surface area contributed by atoms with E-state index in [-0.39, 0.29) is 5.56 Å². The Hall–Kier alpha value is -3.59. The van der Waals surface area contributed by atoms with E-state index in [2.05, 4.69) is 11.7 Å². The molecule has 0 saturated heterocycles. The summed E-state index contributed by atoms with van der Waals surface area (Å²) in [4.78, 5) is 0. The number of rotatable bonds is 5. The maximum absolute atomic E-state index is 15.1. The second-order valence-electron chi connectivity index (χ2n) is 9.45. The van der Waals surface area contributed by atoms with Crippen LogP contribution in [0.1, 0.15) is 23.6 Å². The van der Waals surface area contributed by atoms with Crippen LogP contribution in [0.2, 0.25) is 5.02 Å². The molecule has 0 aliphatic heterocycles. The lowest BCUT2D eigenvalue weighted by Crippen LogP contribution is -2.25. The van der Waals surface area contributed by atoms with Gasteiger partial charge in [-0.05, 0) is 70.8 Å². The Labute approximate surface area is 222 Å². The third kappa shape index (κ3) is 5.07. The van der Waals surface area contributed by atoms with Crippen molar-refractivity contribution < 1.29 is 39.9 Å². The molecule has 202 valence electrons. The molecule has 10 heteroatoms. The summed E-state index contributed by atoms with van der Waals surface area (Å²) in [5, 5.41) is -0.992. The number of ether oxygens (including phenoxy) is 1. The molecule has 0 spiro atoms. The molecule has 1 unspecified atom stereocenters. The maximum Gasteiger partial charge on any atom is 0.432 e. The molecular weight excluding hydrogens is 552 g/mol. The lowest BCUT2D eigenvalue weighted by molar-refractivity contribution is -0.189. The van der Waals surface area contributed by atoms with E-state index in [0.717, 1.165) is 36.1 Å². The maximum atomic E-state index is 15.1. The van der Waals surface area contributed by atoms with E-state index < -0.39 is 68.5 Å². The molecule has 0 bridgehead atoms. The zero-order chi connectivity index (χ0) is 28.2. The van der Waals surface area contributed by atoms with Gasteiger partial charge in [-0.1, -0.05) is 36.7 Å². The van der Waals surface area contributed by atoms with Gasteiger partial charge in [-0.25, -0.2) is 26.3 Å². The Morgan fingerprint density at radius 2 is 1.21 bits per heavy atom. The molecule has 5 rings (SSSR count). The highest BCUT2D eigenvalue weighted by molar-refractivity contribution is 6.30. The first-order valence-corrected chi connectivity index (χ1v) is 12.0. The van der Waals surface area contributed by atoms with Crippen LogP contribution in [0.4, 0.5) is 35.1 Å². The molecule has 0 radical (unpaired) electrons. The molecular formula is C29H17ClF8O. The van der Waals surface area contributed by atoms with Gasteiger partial charge in [0.05, 0.1) is 5.56 Å². The second kappa shape index (κ2) is 9.86. The van der Waals surface area contributed by atoms with Crippen LogP contribution >= 0.6 is 11.6 Å². The van der Waals surface area contributed by atoms with Gasteiger partial charge in [0.15, 0.2) is 0 Å². The van der Waals surface area contributed by atoms with Gasteiger partial charge in [0, 0.05) is 12.1 Å². The first kappa shape index (κ1) is 27.0. The smallest absolute Gasteiger partial charge is 0.429 e. The lowest BCUT2D eigenvalue weighted by atomic mass is 9.96. The van der Waals surface area contributed by atoms with Crippen LogP contribution in [-0.2, 0) is 19.0 Å². The largest absolute Gasteiger partial charge is 0.432 e. The van der Waals surface area contributed by atoms with Gasteiger partial charge in [-0.15, -0.1) is 0 Å². The van der Waals surface area contributed by atoms with Gasteiger partial charge < -0.3 is 4.74 Å². The fraction of sp³-hybridized carbons (Fsp3) is 0.172. The highest BCUT2D eigenvalue weighted by Gasteiger charge is 2.42. The van der Waals surface area contributed by atoms with Crippen molar-refractivity contribution in [1.29, 1.82) is 0 Å². The van der Waals surface area contributed by atoms with Crippen molar-refractivity contribution in [2.45, 2.75) is 25.9 Å². The Morgan fingerprint density at radius 1 is 0.667 bits per heavy atom. The van der Waals surface area contributed by atoms with Crippen molar-refractivity contribution in [3.8, 4) is 28.0 Å². The number of hydrogen-bond acceptors (Lipinski definition) is 1. The summed E-state index contributed by atoms with van der Waals surface area (Å²) in [5.41, 5.74) is -0.477. The van der Waals surface area contributed by atoms with Gasteiger partial charge in [0.25, 0.3) is 0 Å². The molecule has 1 nitrogen and oxygen atoms in total. The van der Waals surface area contributed by atoms with Crippen LogP contribution in [0, 0.1) is 40.8 Å². The van der Waals surface area contributed by atoms with E-state index in [1.807, 2.05) is 12.1 Å². The predicted octanol–water partition coefficient (Wildman–Crippen LogP) is 9.37. The zero-order valence-corrected chi connectivity index (χ0v) is 20.8. The molecule has 0 N–H and O–H groups in total. The number of halogens is 9. The van der Waals surface area contributed by atoms with Gasteiger partial charge >= 0.3 is 6.11 Å². The highest BCUT2D eigenvalue weighted by atomic mass is 35.5. The van der Waals surface area contributed by atoms with E-state index in [0.29, 0.717) is 35.7 Å². The molecule has 1 aliphatic rings. The average Bonchev–Trinajstić information content (AvgIpc) is 3.20. The minimum atomic E-state index is -4.76. The molecule has 0 aromatic heterocycles. The van der Waals surface area contributed by atoms with Crippen LogP contribution in [0.25, 0.3) is 22.3 Å². The van der Waals surface area contributed by atoms with Crippen LogP contribution < -0.4 is 4.74 Å². The Morgan fingerprint density at radius 3 is 1.79 bits per heavy atom. The van der Waals surface area contributed by atoms with Crippen molar-refractivity contribution in [2.24, 2.45) is 5.92 Å². The molecule has 1 aliphatic carbocycles. The van der Waals surface area contributed by atoms with E-state index >= 15 is 8.78 Å². The monoisotopic (exact) mass is 568 g/mol. The Kier molecular flexibility index (Phi) is 6.83. The molecule has 39 heavy (non-hydrogen) atoms. The summed E-state index contributed by atoms with van der Waals surface area (Å²) in [6.07, 6.45) is -3.03. The quantitative estimate of drug-likeness (QED) is 0.172. The molecule has 1 atom stereocenters. The fourth-order valence-corrected chi connectivity index (χ4v) is 4.93. The topological polar surface area (TPSA) is 9.23 Å². The number of fused-ring (bicyclic) bond motifs is 1. The summed E-state index contributed by atoms with van der Waals surface area (Å²) in [6, 6.07) is 8.66. The fourth-order valence-electron chi connectivity index (χ4n) is 4.82. The molecule has 0 saturated carbocycles. The minimum Gasteiger partial charge on any atom is -0.429 e. The average molecular weight is 569 g/mol. The standard InChI is InChI=1S/C29H17ClF8O/c1-13-4-14-2-3-15(6-16(14)5-13)17-7-20(31)26(21(32)8-17)18-9-22(33)27(23(34)10-18)29(37,38)39-19-11-24(35)28(30)25(36)12-19/h2-3,6-13H,4-5H2,1H3. The third-order valence-corrected chi connectivity index (χ3v) is 6.90. The van der Waals surface area contributed by atoms with E-state index in [1.165, 1.54) is 0 Å². The van der Waals surface area contributed by atoms with E-state index in [9.17, 15) is 26.3 Å². The summed E-state index contributed by atoms with van der Waals surface area (Å²) in [5.74, 6) is -9.67. The Balaban J connectivity index is 1.48. The third-order valence-electron chi connectivity index (χ3n) is 6.54. The normalized spacial score (nSPS) is 15.0. The van der Waals surface area contributed by atoms with Crippen molar-refractivity contribution in [1.82, 2.24) is 0 Å². The van der Waals surface area contributed by atoms with Gasteiger partial charge in [-0.3, -0.25) is 0 Å². The van der Waals surface area contributed by atoms with Gasteiger partial charge in [-0.2, -0.15) is 8.78 Å². The summed E-state index contributed by atoms with van der Waals surface area (Å²) in [7, 11) is 0. The van der Waals surface area contributed by atoms with Gasteiger partial charge in [0.1, 0.15) is 51.2 Å². The van der Waals surface area contributed by atoms with Crippen LogP contribution in [0.15, 0.2) is 54.6 Å². The lowest BCUT2D eigenvalue weighted by Gasteiger charge is -2.20. The molecule has 0 fully saturated rings. The van der Waals surface area contributed by atoms with Crippen LogP contribution in [0.5, 0.6) is 5.75 Å². The molecule has 4 aromatic rings. The van der Waals surface area contributed by atoms with Crippen LogP contribution in [-0.4, -0.2) is 0 Å². The van der Waals surface area contributed by atoms with E-state index in [4.69, 9.17) is 11.6 Å². The first-order chi connectivity index (χ1) is 18.3. The second-order valence-corrected chi connectivity index (χ2v) is 9.82. The summed E-state index contributed by atoms with van der Waals surface area (Å²) < 4.78 is 120. The van der Waals surface area contributed by atoms with E-state index in [1.54, 1.807) is 6.07 Å². The summed E-state index contributed by atoms with van der Waals surface area (Å²) >= 11 is 5.29. The number of alkyl halides is 2. The number of hydrogen-bond donors (Lipinski definition) is 0. The van der Waals surface area contributed by atoms with Crippen molar-refractivity contribution in [3.63, 3.8) is 0 Å². The SMILES string of the molecule is CC1Cc2ccc(-c3cc(F)c(-c4cc(F)c(C(F)(F)Oc5cc(F)c(Cl)c(F)c5)c(F)c4)c(F)c3)cc2C1. The minimum absolute atomic E-state index is 0.191. The van der Waals surface area contributed by atoms with Crippen molar-refractivity contribution in [2.75, 3.05) is 0 Å². The van der Waals surface area contributed by atoms with Crippen molar-refractivity contribution in [3.05, 3.63) is 111 Å². The highest BCUT2D eigenvalue weighted by Crippen LogP contribution is 2.40.